The lowest BCUT2D eigenvalue weighted by Gasteiger charge is -2.12. The number of rotatable bonds is 6. The van der Waals surface area contributed by atoms with Gasteiger partial charge in [-0.3, -0.25) is 9.69 Å². The maximum atomic E-state index is 13.4. The van der Waals surface area contributed by atoms with Crippen LogP contribution in [0.4, 0.5) is 9.18 Å². The van der Waals surface area contributed by atoms with Crippen LogP contribution >= 0.6 is 47.8 Å². The molecular weight excluding hydrogens is 623 g/mol. The Balaban J connectivity index is 1.49. The van der Waals surface area contributed by atoms with Gasteiger partial charge >= 0.3 is 6.03 Å². The number of amides is 3. The fourth-order valence-electron chi connectivity index (χ4n) is 3.24. The second kappa shape index (κ2) is 10.2. The van der Waals surface area contributed by atoms with E-state index in [1.165, 1.54) is 12.1 Å². The third-order valence-corrected chi connectivity index (χ3v) is 6.53. The molecule has 0 unspecified atom stereocenters. The van der Waals surface area contributed by atoms with E-state index in [1.807, 2.05) is 24.3 Å². The number of benzene rings is 3. The molecule has 1 saturated heterocycles. The maximum Gasteiger partial charge on any atom is 0.329 e. The van der Waals surface area contributed by atoms with Crippen molar-refractivity contribution in [2.45, 2.75) is 13.2 Å². The minimum Gasteiger partial charge on any atom is -0.487 e. The molecule has 3 aromatic carbocycles. The molecule has 4 rings (SSSR count). The second-order valence-corrected chi connectivity index (χ2v) is 9.86. The highest BCUT2D eigenvalue weighted by molar-refractivity contribution is 9.11. The third-order valence-electron chi connectivity index (χ3n) is 4.82. The Morgan fingerprint density at radius 1 is 0.939 bits per heavy atom. The number of urea groups is 1. The van der Waals surface area contributed by atoms with Crippen LogP contribution in [0.5, 0.6) is 5.75 Å². The first-order chi connectivity index (χ1) is 15.8. The second-order valence-electron chi connectivity index (χ2n) is 7.24. The molecule has 0 spiro atoms. The van der Waals surface area contributed by atoms with Crippen molar-refractivity contribution >= 4 is 65.8 Å². The molecule has 1 aliphatic rings. The highest BCUT2D eigenvalue weighted by Gasteiger charge is 2.33. The first-order valence-corrected chi connectivity index (χ1v) is 12.1. The first kappa shape index (κ1) is 23.7. The van der Waals surface area contributed by atoms with Gasteiger partial charge < -0.3 is 10.1 Å². The van der Waals surface area contributed by atoms with Gasteiger partial charge in [-0.1, -0.05) is 40.2 Å². The van der Waals surface area contributed by atoms with Crippen molar-refractivity contribution in [2.75, 3.05) is 0 Å². The fourth-order valence-corrected chi connectivity index (χ4v) is 4.95. The van der Waals surface area contributed by atoms with E-state index in [9.17, 15) is 14.0 Å². The average molecular weight is 639 g/mol. The minimum atomic E-state index is -0.470. The number of hydrogen-bond donors (Lipinski definition) is 1. The van der Waals surface area contributed by atoms with Gasteiger partial charge in [0.15, 0.2) is 0 Å². The van der Waals surface area contributed by atoms with E-state index in [0.717, 1.165) is 14.9 Å². The third kappa shape index (κ3) is 5.72. The first-order valence-electron chi connectivity index (χ1n) is 9.75. The van der Waals surface area contributed by atoms with Crippen LogP contribution in [0.15, 0.2) is 79.8 Å². The lowest BCUT2D eigenvalue weighted by Crippen LogP contribution is -2.30. The van der Waals surface area contributed by atoms with Gasteiger partial charge in [-0.25, -0.2) is 9.18 Å². The van der Waals surface area contributed by atoms with Gasteiger partial charge in [0.2, 0.25) is 0 Å². The summed E-state index contributed by atoms with van der Waals surface area (Å²) in [6.07, 6.45) is 1.60. The van der Waals surface area contributed by atoms with Gasteiger partial charge in [-0.15, -0.1) is 0 Å². The SMILES string of the molecule is O=C1N/C(=C/c2cc(Br)c(OCc3cccc(F)c3)c(Br)c2)C(=O)N1Cc1ccc(Br)cc1. The summed E-state index contributed by atoms with van der Waals surface area (Å²) < 4.78 is 21.4. The number of ether oxygens (including phenoxy) is 1. The van der Waals surface area contributed by atoms with Crippen molar-refractivity contribution in [2.24, 2.45) is 0 Å². The highest BCUT2D eigenvalue weighted by atomic mass is 79.9. The molecule has 0 atom stereocenters. The summed E-state index contributed by atoms with van der Waals surface area (Å²) in [6, 6.07) is 16.7. The summed E-state index contributed by atoms with van der Waals surface area (Å²) >= 11 is 10.3. The van der Waals surface area contributed by atoms with E-state index in [0.29, 0.717) is 25.8 Å². The van der Waals surface area contributed by atoms with Crippen LogP contribution in [0, 0.1) is 5.82 Å². The fraction of sp³-hybridized carbons (Fsp3) is 0.0833. The monoisotopic (exact) mass is 636 g/mol. The molecule has 9 heteroatoms. The molecule has 0 aromatic heterocycles. The molecular formula is C24H16Br3FN2O3. The lowest BCUT2D eigenvalue weighted by atomic mass is 10.1. The maximum absolute atomic E-state index is 13.4. The summed E-state index contributed by atoms with van der Waals surface area (Å²) in [6.45, 7) is 0.366. The Labute approximate surface area is 215 Å². The van der Waals surface area contributed by atoms with E-state index >= 15 is 0 Å². The largest absolute Gasteiger partial charge is 0.487 e. The van der Waals surface area contributed by atoms with Crippen molar-refractivity contribution in [3.05, 3.63) is 102 Å². The molecule has 0 bridgehead atoms. The Morgan fingerprint density at radius 3 is 2.30 bits per heavy atom. The molecule has 0 aliphatic carbocycles. The lowest BCUT2D eigenvalue weighted by molar-refractivity contribution is -0.123. The van der Waals surface area contributed by atoms with E-state index in [4.69, 9.17) is 4.74 Å². The molecule has 0 radical (unpaired) electrons. The zero-order valence-electron chi connectivity index (χ0n) is 16.9. The van der Waals surface area contributed by atoms with E-state index < -0.39 is 11.9 Å². The zero-order chi connectivity index (χ0) is 23.5. The van der Waals surface area contributed by atoms with E-state index in [2.05, 4.69) is 53.1 Å². The Kier molecular flexibility index (Phi) is 7.31. The molecule has 33 heavy (non-hydrogen) atoms. The van der Waals surface area contributed by atoms with Gasteiger partial charge in [-0.05, 0) is 91.0 Å². The van der Waals surface area contributed by atoms with Crippen molar-refractivity contribution in [1.82, 2.24) is 10.2 Å². The zero-order valence-corrected chi connectivity index (χ0v) is 21.7. The van der Waals surface area contributed by atoms with Crippen LogP contribution < -0.4 is 10.1 Å². The van der Waals surface area contributed by atoms with Crippen molar-refractivity contribution < 1.29 is 18.7 Å². The van der Waals surface area contributed by atoms with Gasteiger partial charge in [0.05, 0.1) is 15.5 Å². The van der Waals surface area contributed by atoms with E-state index in [-0.39, 0.29) is 24.7 Å². The molecule has 1 aliphatic heterocycles. The number of hydrogen-bond acceptors (Lipinski definition) is 3. The molecule has 168 valence electrons. The smallest absolute Gasteiger partial charge is 0.329 e. The van der Waals surface area contributed by atoms with Crippen LogP contribution in [0.3, 0.4) is 0 Å². The van der Waals surface area contributed by atoms with Crippen molar-refractivity contribution in [3.8, 4) is 5.75 Å². The molecule has 1 N–H and O–H groups in total. The number of carbonyl (C=O) groups excluding carboxylic acids is 2. The summed E-state index contributed by atoms with van der Waals surface area (Å²) in [5.41, 5.74) is 2.41. The Morgan fingerprint density at radius 2 is 1.64 bits per heavy atom. The molecule has 1 heterocycles. The molecule has 3 aromatic rings. The van der Waals surface area contributed by atoms with Crippen LogP contribution in [-0.2, 0) is 17.9 Å². The van der Waals surface area contributed by atoms with Gasteiger partial charge in [0, 0.05) is 4.47 Å². The predicted octanol–water partition coefficient (Wildman–Crippen LogP) is 6.79. The molecule has 5 nitrogen and oxygen atoms in total. The van der Waals surface area contributed by atoms with Crippen molar-refractivity contribution in [1.29, 1.82) is 0 Å². The van der Waals surface area contributed by atoms with Gasteiger partial charge in [0.25, 0.3) is 5.91 Å². The number of nitrogens with one attached hydrogen (secondary N) is 1. The molecule has 1 fully saturated rings. The Hall–Kier alpha value is -2.49. The number of imide groups is 1. The van der Waals surface area contributed by atoms with Crippen LogP contribution in [-0.4, -0.2) is 16.8 Å². The minimum absolute atomic E-state index is 0.176. The number of carbonyl (C=O) groups is 2. The van der Waals surface area contributed by atoms with Crippen LogP contribution in [0.1, 0.15) is 16.7 Å². The molecule has 0 saturated carbocycles. The summed E-state index contributed by atoms with van der Waals surface area (Å²) in [5, 5.41) is 2.63. The van der Waals surface area contributed by atoms with E-state index in [1.54, 1.807) is 30.3 Å². The molecule has 3 amide bonds. The average Bonchev–Trinajstić information content (AvgIpc) is 3.02. The van der Waals surface area contributed by atoms with Crippen LogP contribution in [0.2, 0.25) is 0 Å². The highest BCUT2D eigenvalue weighted by Crippen LogP contribution is 2.36. The summed E-state index contributed by atoms with van der Waals surface area (Å²) in [5.74, 6) is -0.185. The van der Waals surface area contributed by atoms with Crippen LogP contribution in [0.25, 0.3) is 6.08 Å². The number of nitrogens with zero attached hydrogens (tertiary/aromatic N) is 1. The summed E-state index contributed by atoms with van der Waals surface area (Å²) in [4.78, 5) is 26.3. The topological polar surface area (TPSA) is 58.6 Å². The summed E-state index contributed by atoms with van der Waals surface area (Å²) in [7, 11) is 0. The standard InChI is InChI=1S/C24H16Br3FN2O3/c25-17-6-4-14(5-7-17)12-30-23(31)21(29-24(30)32)11-16-9-19(26)22(20(27)10-16)33-13-15-2-1-3-18(28)8-15/h1-11H,12-13H2,(H,29,32)/b21-11+. The number of halogens is 4. The van der Waals surface area contributed by atoms with Gasteiger partial charge in [0.1, 0.15) is 23.9 Å². The van der Waals surface area contributed by atoms with Crippen molar-refractivity contribution in [3.63, 3.8) is 0 Å². The quantitative estimate of drug-likeness (QED) is 0.239. The normalized spacial score (nSPS) is 14.7. The van der Waals surface area contributed by atoms with Gasteiger partial charge in [-0.2, -0.15) is 0 Å². The Bertz CT molecular complexity index is 1240. The predicted molar refractivity (Wildman–Crippen MR) is 134 cm³/mol.